The van der Waals surface area contributed by atoms with Crippen molar-refractivity contribution in [2.45, 2.75) is 0 Å². The Labute approximate surface area is 116 Å². The first-order valence-corrected chi connectivity index (χ1v) is 6.12. The zero-order chi connectivity index (χ0) is 13.7. The number of benzene rings is 2. The molecule has 0 aliphatic carbocycles. The summed E-state index contributed by atoms with van der Waals surface area (Å²) in [5, 5.41) is 0.578. The van der Waals surface area contributed by atoms with Crippen LogP contribution in [0.25, 0.3) is 0 Å². The number of methoxy groups -OCH3 is 1. The summed E-state index contributed by atoms with van der Waals surface area (Å²) < 4.78 is 10.4. The van der Waals surface area contributed by atoms with Crippen molar-refractivity contribution >= 4 is 17.4 Å². The number of carbonyl (C=O) groups is 1. The second kappa shape index (κ2) is 6.25. The van der Waals surface area contributed by atoms with E-state index in [0.717, 1.165) is 0 Å². The summed E-state index contributed by atoms with van der Waals surface area (Å²) in [6.45, 7) is -0.0212. The molecule has 0 N–H and O–H groups in total. The van der Waals surface area contributed by atoms with Crippen molar-refractivity contribution in [2.24, 2.45) is 0 Å². The molecule has 0 bridgehead atoms. The Hall–Kier alpha value is -2.00. The Kier molecular flexibility index (Phi) is 4.42. The van der Waals surface area contributed by atoms with Gasteiger partial charge in [-0.25, -0.2) is 0 Å². The smallest absolute Gasteiger partial charge is 0.200 e. The Morgan fingerprint density at radius 2 is 1.84 bits per heavy atom. The van der Waals surface area contributed by atoms with Gasteiger partial charge in [0.2, 0.25) is 0 Å². The molecule has 2 rings (SSSR count). The Morgan fingerprint density at radius 1 is 1.11 bits per heavy atom. The predicted molar refractivity (Wildman–Crippen MR) is 74.3 cm³/mol. The maximum atomic E-state index is 11.9. The van der Waals surface area contributed by atoms with E-state index in [-0.39, 0.29) is 12.4 Å². The van der Waals surface area contributed by atoms with E-state index in [0.29, 0.717) is 22.1 Å². The lowest BCUT2D eigenvalue weighted by molar-refractivity contribution is 0.0921. The fraction of sp³-hybridized carbons (Fsp3) is 0.133. The van der Waals surface area contributed by atoms with Crippen LogP contribution in [0.3, 0.4) is 0 Å². The van der Waals surface area contributed by atoms with Gasteiger partial charge in [-0.15, -0.1) is 0 Å². The minimum Gasteiger partial charge on any atom is -0.497 e. The third-order valence-electron chi connectivity index (χ3n) is 2.58. The van der Waals surface area contributed by atoms with Crippen molar-refractivity contribution in [1.82, 2.24) is 0 Å². The van der Waals surface area contributed by atoms with E-state index in [1.165, 1.54) is 0 Å². The number of ether oxygens (including phenoxy) is 2. The van der Waals surface area contributed by atoms with E-state index in [1.54, 1.807) is 55.6 Å². The van der Waals surface area contributed by atoms with E-state index in [2.05, 4.69) is 0 Å². The molecule has 3 nitrogen and oxygen atoms in total. The van der Waals surface area contributed by atoms with Crippen LogP contribution in [0, 0.1) is 0 Å². The molecule has 0 radical (unpaired) electrons. The van der Waals surface area contributed by atoms with Crippen LogP contribution >= 0.6 is 11.6 Å². The monoisotopic (exact) mass is 276 g/mol. The number of rotatable bonds is 5. The van der Waals surface area contributed by atoms with Crippen molar-refractivity contribution in [2.75, 3.05) is 13.7 Å². The van der Waals surface area contributed by atoms with Gasteiger partial charge in [-0.05, 0) is 42.5 Å². The quantitative estimate of drug-likeness (QED) is 0.783. The third-order valence-corrected chi connectivity index (χ3v) is 2.81. The second-order valence-electron chi connectivity index (χ2n) is 3.90. The largest absolute Gasteiger partial charge is 0.497 e. The van der Waals surface area contributed by atoms with Gasteiger partial charge in [-0.2, -0.15) is 0 Å². The van der Waals surface area contributed by atoms with Crippen molar-refractivity contribution in [3.8, 4) is 11.5 Å². The van der Waals surface area contributed by atoms with Gasteiger partial charge in [0.25, 0.3) is 0 Å². The lowest BCUT2D eigenvalue weighted by Crippen LogP contribution is -2.11. The minimum absolute atomic E-state index is 0.0212. The molecular formula is C15H13ClO3. The zero-order valence-corrected chi connectivity index (χ0v) is 11.2. The van der Waals surface area contributed by atoms with Crippen LogP contribution in [0.4, 0.5) is 0 Å². The van der Waals surface area contributed by atoms with Gasteiger partial charge < -0.3 is 9.47 Å². The van der Waals surface area contributed by atoms with Crippen LogP contribution < -0.4 is 9.47 Å². The van der Waals surface area contributed by atoms with E-state index < -0.39 is 0 Å². The van der Waals surface area contributed by atoms with E-state index in [9.17, 15) is 4.79 Å². The van der Waals surface area contributed by atoms with E-state index in [4.69, 9.17) is 21.1 Å². The maximum Gasteiger partial charge on any atom is 0.200 e. The highest BCUT2D eigenvalue weighted by Crippen LogP contribution is 2.17. The van der Waals surface area contributed by atoms with Crippen molar-refractivity contribution in [3.05, 3.63) is 59.1 Å². The zero-order valence-electron chi connectivity index (χ0n) is 10.4. The first-order valence-electron chi connectivity index (χ1n) is 5.74. The molecule has 2 aromatic rings. The Balaban J connectivity index is 1.97. The molecule has 98 valence electrons. The van der Waals surface area contributed by atoms with Gasteiger partial charge in [0.05, 0.1) is 7.11 Å². The normalized spacial score (nSPS) is 10.0. The maximum absolute atomic E-state index is 11.9. The fourth-order valence-electron chi connectivity index (χ4n) is 1.57. The summed E-state index contributed by atoms with van der Waals surface area (Å²) in [6, 6.07) is 13.9. The predicted octanol–water partition coefficient (Wildman–Crippen LogP) is 3.61. The SMILES string of the molecule is COc1ccc(C(=O)COc2cccc(Cl)c2)cc1. The molecule has 0 aromatic heterocycles. The summed E-state index contributed by atoms with van der Waals surface area (Å²) >= 11 is 5.83. The van der Waals surface area contributed by atoms with Crippen LogP contribution in [-0.2, 0) is 0 Å². The topological polar surface area (TPSA) is 35.5 Å². The molecule has 0 heterocycles. The summed E-state index contributed by atoms with van der Waals surface area (Å²) in [4.78, 5) is 11.9. The number of halogens is 1. The van der Waals surface area contributed by atoms with Crippen molar-refractivity contribution in [1.29, 1.82) is 0 Å². The molecule has 0 spiro atoms. The van der Waals surface area contributed by atoms with Crippen molar-refractivity contribution in [3.63, 3.8) is 0 Å². The molecule has 0 fully saturated rings. The molecule has 0 atom stereocenters. The molecule has 0 aliphatic rings. The van der Waals surface area contributed by atoms with Crippen molar-refractivity contribution < 1.29 is 14.3 Å². The fourth-order valence-corrected chi connectivity index (χ4v) is 1.75. The molecular weight excluding hydrogens is 264 g/mol. The molecule has 0 saturated heterocycles. The van der Waals surface area contributed by atoms with Crippen LogP contribution in [-0.4, -0.2) is 19.5 Å². The van der Waals surface area contributed by atoms with Gasteiger partial charge >= 0.3 is 0 Å². The van der Waals surface area contributed by atoms with Gasteiger partial charge in [-0.1, -0.05) is 17.7 Å². The summed E-state index contributed by atoms with van der Waals surface area (Å²) in [5.74, 6) is 1.20. The number of hydrogen-bond acceptors (Lipinski definition) is 3. The average molecular weight is 277 g/mol. The standard InChI is InChI=1S/C15H13ClO3/c1-18-13-7-5-11(6-8-13)15(17)10-19-14-4-2-3-12(16)9-14/h2-9H,10H2,1H3. The molecule has 19 heavy (non-hydrogen) atoms. The van der Waals surface area contributed by atoms with Gasteiger partial charge in [0.1, 0.15) is 11.5 Å². The Bertz CT molecular complexity index is 564. The summed E-state index contributed by atoms with van der Waals surface area (Å²) in [5.41, 5.74) is 0.586. The minimum atomic E-state index is -0.0948. The molecule has 0 saturated carbocycles. The van der Waals surface area contributed by atoms with E-state index >= 15 is 0 Å². The van der Waals surface area contributed by atoms with E-state index in [1.807, 2.05) is 0 Å². The second-order valence-corrected chi connectivity index (χ2v) is 4.33. The lowest BCUT2D eigenvalue weighted by Gasteiger charge is -2.06. The average Bonchev–Trinajstić information content (AvgIpc) is 2.45. The van der Waals surface area contributed by atoms with Gasteiger partial charge in [0, 0.05) is 10.6 Å². The first kappa shape index (κ1) is 13.4. The number of carbonyl (C=O) groups excluding carboxylic acids is 1. The van der Waals surface area contributed by atoms with Crippen LogP contribution in [0.15, 0.2) is 48.5 Å². The molecule has 0 aliphatic heterocycles. The highest BCUT2D eigenvalue weighted by molar-refractivity contribution is 6.30. The summed E-state index contributed by atoms with van der Waals surface area (Å²) in [6.07, 6.45) is 0. The molecule has 2 aromatic carbocycles. The highest BCUT2D eigenvalue weighted by Gasteiger charge is 2.07. The van der Waals surface area contributed by atoms with Crippen LogP contribution in [0.2, 0.25) is 5.02 Å². The number of ketones is 1. The third kappa shape index (κ3) is 3.73. The number of Topliss-reactive ketones (excluding diaryl/α,β-unsaturated/α-hetero) is 1. The molecule has 0 unspecified atom stereocenters. The first-order chi connectivity index (χ1) is 9.19. The van der Waals surface area contributed by atoms with Gasteiger partial charge in [0.15, 0.2) is 12.4 Å². The number of hydrogen-bond donors (Lipinski definition) is 0. The lowest BCUT2D eigenvalue weighted by atomic mass is 10.1. The van der Waals surface area contributed by atoms with Gasteiger partial charge in [-0.3, -0.25) is 4.79 Å². The highest BCUT2D eigenvalue weighted by atomic mass is 35.5. The van der Waals surface area contributed by atoms with Crippen LogP contribution in [0.1, 0.15) is 10.4 Å². The molecule has 4 heteroatoms. The Morgan fingerprint density at radius 3 is 2.47 bits per heavy atom. The van der Waals surface area contributed by atoms with Crippen LogP contribution in [0.5, 0.6) is 11.5 Å². The summed E-state index contributed by atoms with van der Waals surface area (Å²) in [7, 11) is 1.58. The molecule has 0 amide bonds.